The number of aliphatic hydroxyl groups excluding tert-OH is 1. The molecule has 0 atom stereocenters. The van der Waals surface area contributed by atoms with Crippen LogP contribution in [0.2, 0.25) is 0 Å². The van der Waals surface area contributed by atoms with Crippen molar-refractivity contribution in [2.45, 2.75) is 39.3 Å². The van der Waals surface area contributed by atoms with E-state index < -0.39 is 13.0 Å². The first kappa shape index (κ1) is 14.0. The normalized spacial score (nSPS) is 11.4. The van der Waals surface area contributed by atoms with Crippen molar-refractivity contribution in [3.8, 4) is 0 Å². The van der Waals surface area contributed by atoms with Gasteiger partial charge < -0.3 is 14.4 Å². The van der Waals surface area contributed by atoms with Gasteiger partial charge in [-0.3, -0.25) is 0 Å². The molecule has 0 saturated carbocycles. The maximum Gasteiger partial charge on any atom is 0.261 e. The monoisotopic (exact) mass is 249 g/mol. The third-order valence-electron chi connectivity index (χ3n) is 2.21. The van der Waals surface area contributed by atoms with E-state index in [1.54, 1.807) is 4.57 Å². The Morgan fingerprint density at radius 1 is 1.35 bits per heavy atom. The Balaban J connectivity index is 2.49. The van der Waals surface area contributed by atoms with Crippen molar-refractivity contribution in [1.82, 2.24) is 14.8 Å². The number of hydrogen-bond acceptors (Lipinski definition) is 4. The van der Waals surface area contributed by atoms with E-state index in [2.05, 4.69) is 10.2 Å². The van der Waals surface area contributed by atoms with E-state index in [1.165, 1.54) is 0 Å². The third kappa shape index (κ3) is 4.35. The Morgan fingerprint density at radius 2 is 2.06 bits per heavy atom. The molecule has 0 saturated heterocycles. The fraction of sp³-hybridized carbons (Fsp3) is 0.800. The van der Waals surface area contributed by atoms with E-state index in [0.29, 0.717) is 24.6 Å². The molecule has 0 fully saturated rings. The Bertz CT molecular complexity index is 331. The molecule has 1 N–H and O–H groups in total. The molecule has 7 heteroatoms. The maximum absolute atomic E-state index is 11.8. The van der Waals surface area contributed by atoms with Gasteiger partial charge in [0.2, 0.25) is 0 Å². The van der Waals surface area contributed by atoms with Crippen LogP contribution in [0.1, 0.15) is 25.0 Å². The predicted octanol–water partition coefficient (Wildman–Crippen LogP) is 1.00. The van der Waals surface area contributed by atoms with Crippen LogP contribution >= 0.6 is 0 Å². The lowest BCUT2D eigenvalue weighted by atomic mass is 10.4. The van der Waals surface area contributed by atoms with Crippen LogP contribution in [0.4, 0.5) is 8.78 Å². The standard InChI is InChI=1S/C10H17F2N3O2/c1-2-4-15-9(13-14-10(15)6-16)3-5-17-7-8(11)12/h8,16H,2-7H2,1H3. The summed E-state index contributed by atoms with van der Waals surface area (Å²) in [4.78, 5) is 0. The predicted molar refractivity (Wildman–Crippen MR) is 56.8 cm³/mol. The average molecular weight is 249 g/mol. The first-order valence-electron chi connectivity index (χ1n) is 5.56. The van der Waals surface area contributed by atoms with Gasteiger partial charge in [0.05, 0.1) is 6.61 Å². The second-order valence-corrected chi connectivity index (χ2v) is 3.56. The summed E-state index contributed by atoms with van der Waals surface area (Å²) in [5.41, 5.74) is 0. The summed E-state index contributed by atoms with van der Waals surface area (Å²) >= 11 is 0. The van der Waals surface area contributed by atoms with Crippen molar-refractivity contribution in [2.24, 2.45) is 0 Å². The zero-order valence-electron chi connectivity index (χ0n) is 9.77. The fourth-order valence-corrected chi connectivity index (χ4v) is 1.49. The highest BCUT2D eigenvalue weighted by Crippen LogP contribution is 2.05. The summed E-state index contributed by atoms with van der Waals surface area (Å²) < 4.78 is 30.2. The van der Waals surface area contributed by atoms with E-state index in [-0.39, 0.29) is 13.2 Å². The Kier molecular flexibility index (Phi) is 5.99. The average Bonchev–Trinajstić information content (AvgIpc) is 2.67. The van der Waals surface area contributed by atoms with Gasteiger partial charge in [-0.25, -0.2) is 8.78 Å². The molecule has 0 aliphatic heterocycles. The largest absolute Gasteiger partial charge is 0.388 e. The molecule has 98 valence electrons. The number of nitrogens with zero attached hydrogens (tertiary/aromatic N) is 3. The minimum Gasteiger partial charge on any atom is -0.388 e. The summed E-state index contributed by atoms with van der Waals surface area (Å²) in [6, 6.07) is 0. The molecular weight excluding hydrogens is 232 g/mol. The molecule has 1 heterocycles. The van der Waals surface area contributed by atoms with Gasteiger partial charge in [0.15, 0.2) is 5.82 Å². The number of rotatable bonds is 8. The molecule has 0 aliphatic rings. The van der Waals surface area contributed by atoms with Crippen LogP contribution in [-0.4, -0.2) is 39.5 Å². The van der Waals surface area contributed by atoms with Gasteiger partial charge in [0.25, 0.3) is 6.43 Å². The van der Waals surface area contributed by atoms with Gasteiger partial charge in [0.1, 0.15) is 19.0 Å². The van der Waals surface area contributed by atoms with Gasteiger partial charge in [0, 0.05) is 13.0 Å². The summed E-state index contributed by atoms with van der Waals surface area (Å²) in [6.45, 7) is 2.14. The van der Waals surface area contributed by atoms with E-state index >= 15 is 0 Å². The zero-order valence-corrected chi connectivity index (χ0v) is 9.77. The van der Waals surface area contributed by atoms with Crippen LogP contribution in [0, 0.1) is 0 Å². The molecule has 0 bridgehead atoms. The molecule has 0 aromatic carbocycles. The fourth-order valence-electron chi connectivity index (χ4n) is 1.49. The minimum absolute atomic E-state index is 0.176. The van der Waals surface area contributed by atoms with Gasteiger partial charge in [-0.1, -0.05) is 6.92 Å². The number of ether oxygens (including phenoxy) is 1. The van der Waals surface area contributed by atoms with E-state index in [9.17, 15) is 8.78 Å². The first-order chi connectivity index (χ1) is 8.19. The lowest BCUT2D eigenvalue weighted by Gasteiger charge is -2.08. The van der Waals surface area contributed by atoms with E-state index in [1.807, 2.05) is 6.92 Å². The topological polar surface area (TPSA) is 60.2 Å². The van der Waals surface area contributed by atoms with Crippen molar-refractivity contribution in [3.05, 3.63) is 11.6 Å². The maximum atomic E-state index is 11.8. The Hall–Kier alpha value is -1.08. The van der Waals surface area contributed by atoms with Gasteiger partial charge in [-0.05, 0) is 6.42 Å². The van der Waals surface area contributed by atoms with Crippen LogP contribution in [0.25, 0.3) is 0 Å². The molecule has 0 radical (unpaired) electrons. The lowest BCUT2D eigenvalue weighted by molar-refractivity contribution is 0.0181. The molecule has 1 aromatic rings. The molecule has 0 amide bonds. The summed E-state index contributed by atoms with van der Waals surface area (Å²) in [7, 11) is 0. The van der Waals surface area contributed by atoms with Crippen molar-refractivity contribution in [2.75, 3.05) is 13.2 Å². The quantitative estimate of drug-likeness (QED) is 0.698. The van der Waals surface area contributed by atoms with Crippen LogP contribution in [0.15, 0.2) is 0 Å². The Morgan fingerprint density at radius 3 is 2.65 bits per heavy atom. The van der Waals surface area contributed by atoms with E-state index in [0.717, 1.165) is 6.42 Å². The highest BCUT2D eigenvalue weighted by molar-refractivity contribution is 4.95. The smallest absolute Gasteiger partial charge is 0.261 e. The number of hydrogen-bond donors (Lipinski definition) is 1. The van der Waals surface area contributed by atoms with Crippen LogP contribution < -0.4 is 0 Å². The molecular formula is C10H17F2N3O2. The molecule has 0 spiro atoms. The van der Waals surface area contributed by atoms with Crippen molar-refractivity contribution in [1.29, 1.82) is 0 Å². The first-order valence-corrected chi connectivity index (χ1v) is 5.56. The van der Waals surface area contributed by atoms with E-state index in [4.69, 9.17) is 9.84 Å². The highest BCUT2D eigenvalue weighted by atomic mass is 19.3. The second-order valence-electron chi connectivity index (χ2n) is 3.56. The molecule has 17 heavy (non-hydrogen) atoms. The molecule has 0 aliphatic carbocycles. The van der Waals surface area contributed by atoms with Gasteiger partial charge in [-0.2, -0.15) is 0 Å². The van der Waals surface area contributed by atoms with Crippen LogP contribution in [0.5, 0.6) is 0 Å². The van der Waals surface area contributed by atoms with Crippen molar-refractivity contribution in [3.63, 3.8) is 0 Å². The van der Waals surface area contributed by atoms with Crippen LogP contribution in [0.3, 0.4) is 0 Å². The Labute approximate surface area is 98.4 Å². The molecule has 1 rings (SSSR count). The summed E-state index contributed by atoms with van der Waals surface area (Å²) in [6.07, 6.45) is -1.15. The van der Waals surface area contributed by atoms with Crippen molar-refractivity contribution < 1.29 is 18.6 Å². The second kappa shape index (κ2) is 7.29. The summed E-state index contributed by atoms with van der Waals surface area (Å²) in [5.74, 6) is 1.15. The molecule has 1 aromatic heterocycles. The number of alkyl halides is 2. The van der Waals surface area contributed by atoms with Gasteiger partial charge in [-0.15, -0.1) is 10.2 Å². The SMILES string of the molecule is CCCn1c(CO)nnc1CCOCC(F)F. The molecule has 0 unspecified atom stereocenters. The zero-order chi connectivity index (χ0) is 12.7. The number of halogens is 2. The minimum atomic E-state index is -2.45. The highest BCUT2D eigenvalue weighted by Gasteiger charge is 2.10. The van der Waals surface area contributed by atoms with Gasteiger partial charge >= 0.3 is 0 Å². The summed E-state index contributed by atoms with van der Waals surface area (Å²) in [5, 5.41) is 16.8. The lowest BCUT2D eigenvalue weighted by Crippen LogP contribution is -2.12. The van der Waals surface area contributed by atoms with Crippen molar-refractivity contribution >= 4 is 0 Å². The third-order valence-corrected chi connectivity index (χ3v) is 2.21. The molecule has 5 nitrogen and oxygen atoms in total. The number of aromatic nitrogens is 3. The van der Waals surface area contributed by atoms with Crippen LogP contribution in [-0.2, 0) is 24.3 Å². The number of aliphatic hydroxyl groups is 1.